The van der Waals surface area contributed by atoms with Gasteiger partial charge in [0.05, 0.1) is 23.2 Å². The number of aromatic nitrogens is 1. The molecule has 1 fully saturated rings. The van der Waals surface area contributed by atoms with Gasteiger partial charge in [-0.3, -0.25) is 14.5 Å². The number of carbonyl (C=O) groups is 2. The number of nitrogens with zero attached hydrogens (tertiary/aromatic N) is 2. The normalized spacial score (nSPS) is 16.3. The molecule has 1 aromatic carbocycles. The van der Waals surface area contributed by atoms with Crippen molar-refractivity contribution >= 4 is 34.7 Å². The van der Waals surface area contributed by atoms with Crippen molar-refractivity contribution in [2.24, 2.45) is 0 Å². The summed E-state index contributed by atoms with van der Waals surface area (Å²) in [6.45, 7) is 3.54. The number of benzene rings is 1. The summed E-state index contributed by atoms with van der Waals surface area (Å²) in [5.74, 6) is -0.274. The highest BCUT2D eigenvalue weighted by Crippen LogP contribution is 2.33. The molecule has 3 heterocycles. The van der Waals surface area contributed by atoms with Crippen molar-refractivity contribution < 1.29 is 27.3 Å². The molecule has 1 saturated heterocycles. The number of likely N-dealkylation sites (tertiary alicyclic amines) is 1. The van der Waals surface area contributed by atoms with E-state index in [1.165, 1.54) is 0 Å². The number of halogens is 3. The number of amides is 2. The first-order valence-corrected chi connectivity index (χ1v) is 12.0. The molecule has 0 bridgehead atoms. The van der Waals surface area contributed by atoms with Crippen LogP contribution in [0.3, 0.4) is 0 Å². The minimum atomic E-state index is -4.61. The first-order chi connectivity index (χ1) is 17.0. The Morgan fingerprint density at radius 1 is 1.28 bits per heavy atom. The molecule has 0 saturated carbocycles. The van der Waals surface area contributed by atoms with Gasteiger partial charge in [-0.2, -0.15) is 13.2 Å². The van der Waals surface area contributed by atoms with Crippen LogP contribution in [0.15, 0.2) is 34.2 Å². The van der Waals surface area contributed by atoms with Crippen LogP contribution in [0.5, 0.6) is 0 Å². The summed E-state index contributed by atoms with van der Waals surface area (Å²) in [5, 5.41) is 11.0. The van der Waals surface area contributed by atoms with E-state index in [1.54, 1.807) is 18.3 Å². The number of carbonyl (C=O) groups excluding carboxylic acids is 2. The molecule has 6 N–H and O–H groups in total. The number of thiophene rings is 1. The standard InChI is InChI=1S/C23H25F3N6O3S/c1-12-20(21(28)31-35-12)13-6-16(36-11-13)10-32-5-4-15(9-32)30-19(33)8-29-22(34)17-7-14(23(24,25)26)2-3-18(17)27/h2-3,6-7,11,15H,4-5,8-10,27H2,1H3,(H2,28,31)(H,29,34)(H,30,33)/t15-/m1/s1. The maximum Gasteiger partial charge on any atom is 0.416 e. The number of aryl methyl sites for hydroxylation is 1. The maximum atomic E-state index is 12.9. The van der Waals surface area contributed by atoms with E-state index in [-0.39, 0.29) is 23.8 Å². The Morgan fingerprint density at radius 3 is 2.75 bits per heavy atom. The number of nitrogen functional groups attached to an aromatic ring is 2. The van der Waals surface area contributed by atoms with Crippen LogP contribution in [0, 0.1) is 6.92 Å². The maximum absolute atomic E-state index is 12.9. The average molecular weight is 523 g/mol. The van der Waals surface area contributed by atoms with Gasteiger partial charge in [-0.05, 0) is 48.6 Å². The summed E-state index contributed by atoms with van der Waals surface area (Å²) >= 11 is 1.60. The third-order valence-corrected chi connectivity index (χ3v) is 6.80. The van der Waals surface area contributed by atoms with Crippen molar-refractivity contribution in [1.82, 2.24) is 20.7 Å². The Labute approximate surface area is 208 Å². The predicted octanol–water partition coefficient (Wildman–Crippen LogP) is 3.02. The summed E-state index contributed by atoms with van der Waals surface area (Å²) in [7, 11) is 0. The van der Waals surface area contributed by atoms with E-state index in [2.05, 4.69) is 20.7 Å². The zero-order valence-corrected chi connectivity index (χ0v) is 20.1. The van der Waals surface area contributed by atoms with Gasteiger partial charge in [-0.25, -0.2) is 0 Å². The van der Waals surface area contributed by atoms with Gasteiger partial charge < -0.3 is 26.6 Å². The van der Waals surface area contributed by atoms with Crippen molar-refractivity contribution in [3.63, 3.8) is 0 Å². The van der Waals surface area contributed by atoms with Gasteiger partial charge in [0.25, 0.3) is 5.91 Å². The van der Waals surface area contributed by atoms with Gasteiger partial charge >= 0.3 is 6.18 Å². The predicted molar refractivity (Wildman–Crippen MR) is 129 cm³/mol. The van der Waals surface area contributed by atoms with Gasteiger partial charge in [0.1, 0.15) is 5.76 Å². The van der Waals surface area contributed by atoms with Crippen LogP contribution >= 0.6 is 11.3 Å². The SMILES string of the molecule is Cc1onc(N)c1-c1csc(CN2CC[C@@H](NC(=O)CNC(=O)c3cc(C(F)(F)F)ccc3N)C2)c1. The van der Waals surface area contributed by atoms with E-state index in [1.807, 2.05) is 11.4 Å². The molecular weight excluding hydrogens is 497 g/mol. The number of hydrogen-bond donors (Lipinski definition) is 4. The Balaban J connectivity index is 1.26. The number of hydrogen-bond acceptors (Lipinski definition) is 8. The van der Waals surface area contributed by atoms with E-state index in [0.29, 0.717) is 30.7 Å². The summed E-state index contributed by atoms with van der Waals surface area (Å²) in [5.41, 5.74) is 11.9. The second-order valence-corrected chi connectivity index (χ2v) is 9.57. The van der Waals surface area contributed by atoms with Crippen molar-refractivity contribution in [3.8, 4) is 11.1 Å². The number of alkyl halides is 3. The summed E-state index contributed by atoms with van der Waals surface area (Å²) in [4.78, 5) is 28.0. The first-order valence-electron chi connectivity index (χ1n) is 11.1. The average Bonchev–Trinajstić information content (AvgIpc) is 3.53. The second kappa shape index (κ2) is 10.2. The van der Waals surface area contributed by atoms with Crippen molar-refractivity contribution in [1.29, 1.82) is 0 Å². The van der Waals surface area contributed by atoms with Crippen LogP contribution in [0.25, 0.3) is 11.1 Å². The highest BCUT2D eigenvalue weighted by atomic mass is 32.1. The largest absolute Gasteiger partial charge is 0.416 e. The van der Waals surface area contributed by atoms with Crippen molar-refractivity contribution in [3.05, 3.63) is 51.4 Å². The van der Waals surface area contributed by atoms with Crippen LogP contribution in [-0.2, 0) is 17.5 Å². The van der Waals surface area contributed by atoms with E-state index < -0.39 is 23.6 Å². The van der Waals surface area contributed by atoms with Crippen molar-refractivity contribution in [2.75, 3.05) is 31.1 Å². The fraction of sp³-hybridized carbons (Fsp3) is 0.348. The quantitative estimate of drug-likeness (QED) is 0.350. The van der Waals surface area contributed by atoms with E-state index in [0.717, 1.165) is 41.1 Å². The minimum Gasteiger partial charge on any atom is -0.398 e. The molecule has 4 rings (SSSR count). The fourth-order valence-corrected chi connectivity index (χ4v) is 5.03. The lowest BCUT2D eigenvalue weighted by atomic mass is 10.1. The van der Waals surface area contributed by atoms with Crippen LogP contribution in [0.4, 0.5) is 24.7 Å². The third kappa shape index (κ3) is 5.79. The zero-order chi connectivity index (χ0) is 26.0. The van der Waals surface area contributed by atoms with Gasteiger partial charge in [0.15, 0.2) is 5.82 Å². The Morgan fingerprint density at radius 2 is 2.06 bits per heavy atom. The Hall–Kier alpha value is -3.58. The lowest BCUT2D eigenvalue weighted by Gasteiger charge is -2.16. The summed E-state index contributed by atoms with van der Waals surface area (Å²) in [6, 6.07) is 4.42. The molecule has 0 aliphatic carbocycles. The molecule has 0 spiro atoms. The molecule has 3 aromatic rings. The molecular formula is C23H25F3N6O3S. The molecule has 192 valence electrons. The topological polar surface area (TPSA) is 140 Å². The van der Waals surface area contributed by atoms with E-state index in [9.17, 15) is 22.8 Å². The van der Waals surface area contributed by atoms with Crippen LogP contribution in [0.1, 0.15) is 33.0 Å². The molecule has 2 aromatic heterocycles. The number of nitrogens with two attached hydrogens (primary N) is 2. The molecule has 1 atom stereocenters. The molecule has 9 nitrogen and oxygen atoms in total. The molecule has 1 aliphatic heterocycles. The van der Waals surface area contributed by atoms with Crippen LogP contribution in [-0.4, -0.2) is 47.5 Å². The fourth-order valence-electron chi connectivity index (χ4n) is 4.11. The van der Waals surface area contributed by atoms with E-state index >= 15 is 0 Å². The monoisotopic (exact) mass is 522 g/mol. The van der Waals surface area contributed by atoms with Gasteiger partial charge in [0.2, 0.25) is 5.91 Å². The number of anilines is 2. The lowest BCUT2D eigenvalue weighted by Crippen LogP contribution is -2.43. The van der Waals surface area contributed by atoms with Gasteiger partial charge in [-0.15, -0.1) is 11.3 Å². The van der Waals surface area contributed by atoms with Gasteiger partial charge in [-0.1, -0.05) is 5.16 Å². The number of nitrogens with one attached hydrogen (secondary N) is 2. The summed E-state index contributed by atoms with van der Waals surface area (Å²) in [6.07, 6.45) is -3.88. The lowest BCUT2D eigenvalue weighted by molar-refractivity contribution is -0.137. The molecule has 0 unspecified atom stereocenters. The highest BCUT2D eigenvalue weighted by molar-refractivity contribution is 7.10. The van der Waals surface area contributed by atoms with Crippen LogP contribution in [0.2, 0.25) is 0 Å². The first kappa shape index (κ1) is 25.5. The van der Waals surface area contributed by atoms with Crippen LogP contribution < -0.4 is 22.1 Å². The third-order valence-electron chi connectivity index (χ3n) is 5.88. The molecule has 1 aliphatic rings. The van der Waals surface area contributed by atoms with Crippen molar-refractivity contribution in [2.45, 2.75) is 32.1 Å². The Kier molecular flexibility index (Phi) is 7.22. The smallest absolute Gasteiger partial charge is 0.398 e. The van der Waals surface area contributed by atoms with E-state index in [4.69, 9.17) is 16.0 Å². The number of rotatable bonds is 7. The zero-order valence-electron chi connectivity index (χ0n) is 19.3. The highest BCUT2D eigenvalue weighted by Gasteiger charge is 2.32. The molecule has 13 heteroatoms. The Bertz CT molecular complexity index is 1250. The molecule has 36 heavy (non-hydrogen) atoms. The summed E-state index contributed by atoms with van der Waals surface area (Å²) < 4.78 is 43.9. The van der Waals surface area contributed by atoms with Gasteiger partial charge in [0, 0.05) is 36.2 Å². The molecule has 0 radical (unpaired) electrons. The second-order valence-electron chi connectivity index (χ2n) is 8.57. The minimum absolute atomic E-state index is 0.106. The molecule has 2 amide bonds.